The van der Waals surface area contributed by atoms with Crippen LogP contribution in [0, 0.1) is 28.1 Å². The van der Waals surface area contributed by atoms with Crippen molar-refractivity contribution in [3.63, 3.8) is 0 Å². The number of hydrogen-bond donors (Lipinski definition) is 1. The number of aliphatic hydroxyl groups is 1. The number of aldehydes is 1. The first-order valence-corrected chi connectivity index (χ1v) is 17.3. The van der Waals surface area contributed by atoms with Crippen LogP contribution in [-0.4, -0.2) is 50.4 Å². The summed E-state index contributed by atoms with van der Waals surface area (Å²) in [5, 5.41) is 12.4. The van der Waals surface area contributed by atoms with Crippen molar-refractivity contribution in [2.75, 3.05) is 13.2 Å². The molecule has 1 N–H and O–H groups in total. The van der Waals surface area contributed by atoms with Crippen LogP contribution in [0.3, 0.4) is 0 Å². The lowest BCUT2D eigenvalue weighted by atomic mass is 9.47. The number of ether oxygens (including phenoxy) is 2. The SMILES string of the molecule is CC1(C)COC2(CC[C@]3(C=O)C4=CC[C@@]5(C)C(CC[C@@H]5O[Si](C)(C)C(C)(C)C)C4CC[C@]3(O)C2)OC1. The molecule has 1 aliphatic heterocycles. The Hall–Kier alpha value is -0.533. The maximum Gasteiger partial charge on any atom is 0.192 e. The Bertz CT molecular complexity index is 924. The number of rotatable bonds is 3. The molecule has 2 unspecified atom stereocenters. The highest BCUT2D eigenvalue weighted by atomic mass is 28.4. The Kier molecular flexibility index (Phi) is 6.19. The summed E-state index contributed by atoms with van der Waals surface area (Å²) in [7, 11) is -1.88. The molecule has 1 spiro atoms. The smallest absolute Gasteiger partial charge is 0.192 e. The van der Waals surface area contributed by atoms with Gasteiger partial charge in [-0.25, -0.2) is 0 Å². The van der Waals surface area contributed by atoms with Gasteiger partial charge in [0.2, 0.25) is 0 Å². The van der Waals surface area contributed by atoms with Gasteiger partial charge in [-0.3, -0.25) is 0 Å². The van der Waals surface area contributed by atoms with E-state index in [1.54, 1.807) is 0 Å². The van der Waals surface area contributed by atoms with E-state index in [4.69, 9.17) is 13.9 Å². The predicted molar refractivity (Wildman–Crippen MR) is 144 cm³/mol. The van der Waals surface area contributed by atoms with E-state index in [-0.39, 0.29) is 22.0 Å². The second-order valence-corrected chi connectivity index (χ2v) is 20.3. The van der Waals surface area contributed by atoms with Gasteiger partial charge < -0.3 is 23.8 Å². The second kappa shape index (κ2) is 8.24. The summed E-state index contributed by atoms with van der Waals surface area (Å²) in [5.41, 5.74) is -0.638. The Morgan fingerprint density at radius 3 is 2.33 bits per heavy atom. The molecule has 1 heterocycles. The average molecular weight is 519 g/mol. The maximum atomic E-state index is 13.0. The van der Waals surface area contributed by atoms with Crippen LogP contribution in [-0.2, 0) is 18.7 Å². The minimum Gasteiger partial charge on any atom is -0.413 e. The summed E-state index contributed by atoms with van der Waals surface area (Å²) in [5.74, 6) is 0.0962. The molecule has 36 heavy (non-hydrogen) atoms. The highest BCUT2D eigenvalue weighted by Crippen LogP contribution is 2.67. The van der Waals surface area contributed by atoms with Gasteiger partial charge in [-0.2, -0.15) is 0 Å². The highest BCUT2D eigenvalue weighted by molar-refractivity contribution is 6.74. The minimum atomic E-state index is -1.88. The Balaban J connectivity index is 1.42. The summed E-state index contributed by atoms with van der Waals surface area (Å²) in [6.45, 7) is 19.7. The van der Waals surface area contributed by atoms with Gasteiger partial charge in [-0.1, -0.05) is 53.2 Å². The molecule has 0 aromatic heterocycles. The third kappa shape index (κ3) is 3.87. The van der Waals surface area contributed by atoms with E-state index in [0.29, 0.717) is 50.7 Å². The number of hydrogen-bond acceptors (Lipinski definition) is 5. The molecular weight excluding hydrogens is 468 g/mol. The second-order valence-electron chi connectivity index (χ2n) is 15.5. The Labute approximate surface area is 219 Å². The van der Waals surface area contributed by atoms with Crippen LogP contribution in [0.2, 0.25) is 18.1 Å². The van der Waals surface area contributed by atoms with Crippen molar-refractivity contribution in [3.05, 3.63) is 11.6 Å². The normalized spacial score (nSPS) is 43.8. The molecule has 0 aromatic carbocycles. The third-order valence-corrected chi connectivity index (χ3v) is 16.0. The molecule has 5 rings (SSSR count). The summed E-state index contributed by atoms with van der Waals surface area (Å²) >= 11 is 0. The van der Waals surface area contributed by atoms with Crippen molar-refractivity contribution in [1.29, 1.82) is 0 Å². The largest absolute Gasteiger partial charge is 0.413 e. The molecular formula is C30H50O5Si. The third-order valence-electron chi connectivity index (χ3n) is 11.5. The van der Waals surface area contributed by atoms with E-state index in [2.05, 4.69) is 60.7 Å². The number of carbonyl (C=O) groups is 1. The molecule has 5 aliphatic rings. The van der Waals surface area contributed by atoms with Gasteiger partial charge in [0.15, 0.2) is 14.1 Å². The van der Waals surface area contributed by atoms with Gasteiger partial charge in [0.1, 0.15) is 6.29 Å². The molecule has 0 bridgehead atoms. The van der Waals surface area contributed by atoms with E-state index in [9.17, 15) is 9.90 Å². The van der Waals surface area contributed by atoms with Gasteiger partial charge in [0, 0.05) is 18.3 Å². The molecule has 4 fully saturated rings. The van der Waals surface area contributed by atoms with Crippen LogP contribution in [0.1, 0.15) is 92.9 Å². The molecule has 5 nitrogen and oxygen atoms in total. The molecule has 204 valence electrons. The summed E-state index contributed by atoms with van der Waals surface area (Å²) < 4.78 is 19.7. The zero-order chi connectivity index (χ0) is 26.4. The summed E-state index contributed by atoms with van der Waals surface area (Å²) in [6.07, 6.45) is 10.1. The fourth-order valence-corrected chi connectivity index (χ4v) is 9.57. The number of fused-ring (bicyclic) bond motifs is 5. The Morgan fingerprint density at radius 1 is 1.06 bits per heavy atom. The average Bonchev–Trinajstić information content (AvgIpc) is 3.10. The van der Waals surface area contributed by atoms with Crippen LogP contribution in [0.25, 0.3) is 0 Å². The van der Waals surface area contributed by atoms with Crippen LogP contribution in [0.4, 0.5) is 0 Å². The van der Waals surface area contributed by atoms with E-state index < -0.39 is 25.1 Å². The van der Waals surface area contributed by atoms with Crippen LogP contribution < -0.4 is 0 Å². The zero-order valence-electron chi connectivity index (χ0n) is 24.0. The van der Waals surface area contributed by atoms with Crippen molar-refractivity contribution in [3.8, 4) is 0 Å². The lowest BCUT2D eigenvalue weighted by Gasteiger charge is -2.62. The van der Waals surface area contributed by atoms with E-state index in [0.717, 1.165) is 32.0 Å². The minimum absolute atomic E-state index is 0.0213. The van der Waals surface area contributed by atoms with Gasteiger partial charge >= 0.3 is 0 Å². The van der Waals surface area contributed by atoms with E-state index in [1.807, 2.05) is 0 Å². The summed E-state index contributed by atoms with van der Waals surface area (Å²) in [6, 6.07) is 0. The molecule has 6 atom stereocenters. The zero-order valence-corrected chi connectivity index (χ0v) is 25.0. The molecule has 0 aromatic rings. The van der Waals surface area contributed by atoms with Crippen LogP contribution in [0.15, 0.2) is 11.6 Å². The summed E-state index contributed by atoms with van der Waals surface area (Å²) in [4.78, 5) is 13.0. The van der Waals surface area contributed by atoms with Crippen LogP contribution >= 0.6 is 0 Å². The first-order chi connectivity index (χ1) is 16.5. The van der Waals surface area contributed by atoms with E-state index >= 15 is 0 Å². The highest BCUT2D eigenvalue weighted by Gasteiger charge is 2.67. The molecule has 6 heteroatoms. The molecule has 4 aliphatic carbocycles. The van der Waals surface area contributed by atoms with Gasteiger partial charge in [0.25, 0.3) is 0 Å². The van der Waals surface area contributed by atoms with E-state index in [1.165, 1.54) is 5.57 Å². The molecule has 1 saturated heterocycles. The standard InChI is InChI=1S/C30H50O5Si/c1-25(2,3)36(7,8)35-24-10-9-22-21-11-14-29(32)17-30(33-19-26(4,5)20-34-30)16-15-28(29,18-31)23(21)12-13-27(22,24)6/h12,18,21-22,24,32H,9-11,13-17,19-20H2,1-8H3/t21?,22?,24-,27-,28-,29-/m0/s1. The lowest BCUT2D eigenvalue weighted by Crippen LogP contribution is -2.66. The first-order valence-electron chi connectivity index (χ1n) is 14.4. The predicted octanol–water partition coefficient (Wildman–Crippen LogP) is 6.40. The molecule has 0 amide bonds. The monoisotopic (exact) mass is 518 g/mol. The van der Waals surface area contributed by atoms with Crippen molar-refractivity contribution < 1.29 is 23.8 Å². The number of allylic oxidation sites excluding steroid dienone is 1. The maximum absolute atomic E-state index is 13.0. The van der Waals surface area contributed by atoms with Crippen molar-refractivity contribution in [1.82, 2.24) is 0 Å². The van der Waals surface area contributed by atoms with Gasteiger partial charge in [0.05, 0.1) is 30.3 Å². The Morgan fingerprint density at radius 2 is 1.72 bits per heavy atom. The quantitative estimate of drug-likeness (QED) is 0.266. The first kappa shape index (κ1) is 27.0. The molecule has 3 saturated carbocycles. The van der Waals surface area contributed by atoms with Gasteiger partial charge in [-0.05, 0) is 73.9 Å². The van der Waals surface area contributed by atoms with Gasteiger partial charge in [-0.15, -0.1) is 0 Å². The molecule has 0 radical (unpaired) electrons. The topological polar surface area (TPSA) is 65.0 Å². The number of carbonyl (C=O) groups excluding carboxylic acids is 1. The van der Waals surface area contributed by atoms with Crippen molar-refractivity contribution in [2.24, 2.45) is 28.1 Å². The lowest BCUT2D eigenvalue weighted by molar-refractivity contribution is -0.339. The fraction of sp³-hybridized carbons (Fsp3) is 0.900. The fourth-order valence-electron chi connectivity index (χ4n) is 8.12. The van der Waals surface area contributed by atoms with Crippen molar-refractivity contribution in [2.45, 2.75) is 129 Å². The van der Waals surface area contributed by atoms with Crippen LogP contribution in [0.5, 0.6) is 0 Å². The van der Waals surface area contributed by atoms with Crippen molar-refractivity contribution >= 4 is 14.6 Å².